The fourth-order valence-electron chi connectivity index (χ4n) is 6.65. The zero-order valence-corrected chi connectivity index (χ0v) is 25.4. The number of hydrogen-bond donors (Lipinski definition) is 1. The standard InChI is InChI=1S/C30H39N9O4/c1-30(2,3)43-29(42)39-16-19-11-20(39)15-38(19)25(40)18-12-31-27(32-13-18)36-28-33-14-21-23(35-28)22(17-9-7-6-8-10-17)24(34-21)26(41)37(4)5/h12-14,17,19-20,22H,6-11,15-16H2,1-5H3,(H,31,32,33,35,36). The molecule has 5 heterocycles. The number of likely N-dealkylation sites (tertiary alicyclic amines) is 2. The Hall–Kier alpha value is -4.16. The molecule has 2 bridgehead atoms. The molecule has 0 spiro atoms. The van der Waals surface area contributed by atoms with Crippen LogP contribution in [0.15, 0.2) is 23.6 Å². The van der Waals surface area contributed by atoms with Crippen LogP contribution in [0.5, 0.6) is 0 Å². The molecule has 2 aromatic heterocycles. The first-order valence-electron chi connectivity index (χ1n) is 15.1. The van der Waals surface area contributed by atoms with E-state index in [9.17, 15) is 14.4 Å². The zero-order valence-electron chi connectivity index (χ0n) is 25.4. The number of rotatable bonds is 5. The molecule has 6 rings (SSSR count). The minimum Gasteiger partial charge on any atom is -0.444 e. The van der Waals surface area contributed by atoms with Gasteiger partial charge < -0.3 is 19.4 Å². The number of nitrogens with zero attached hydrogens (tertiary/aromatic N) is 8. The van der Waals surface area contributed by atoms with E-state index in [4.69, 9.17) is 9.72 Å². The molecule has 3 amide bonds. The third-order valence-electron chi connectivity index (χ3n) is 8.63. The third kappa shape index (κ3) is 5.76. The van der Waals surface area contributed by atoms with Crippen LogP contribution in [0.1, 0.15) is 81.3 Å². The highest BCUT2D eigenvalue weighted by Crippen LogP contribution is 2.44. The van der Waals surface area contributed by atoms with Gasteiger partial charge in [0.25, 0.3) is 11.8 Å². The highest BCUT2D eigenvalue weighted by atomic mass is 16.6. The predicted octanol–water partition coefficient (Wildman–Crippen LogP) is 3.68. The van der Waals surface area contributed by atoms with E-state index in [1.807, 2.05) is 20.8 Å². The van der Waals surface area contributed by atoms with Crippen molar-refractivity contribution in [3.8, 4) is 0 Å². The van der Waals surface area contributed by atoms with Crippen molar-refractivity contribution in [2.24, 2.45) is 10.9 Å². The Bertz CT molecular complexity index is 1450. The van der Waals surface area contributed by atoms with Gasteiger partial charge in [0.1, 0.15) is 17.0 Å². The van der Waals surface area contributed by atoms with E-state index in [1.165, 1.54) is 18.8 Å². The minimum absolute atomic E-state index is 0.0578. The van der Waals surface area contributed by atoms with Crippen molar-refractivity contribution in [1.82, 2.24) is 34.6 Å². The number of hydrogen-bond acceptors (Lipinski definition) is 10. The summed E-state index contributed by atoms with van der Waals surface area (Å²) in [6.45, 7) is 6.44. The molecule has 0 radical (unpaired) electrons. The molecule has 2 aromatic rings. The average molecular weight is 590 g/mol. The summed E-state index contributed by atoms with van der Waals surface area (Å²) in [7, 11) is 3.48. The summed E-state index contributed by atoms with van der Waals surface area (Å²) in [5.41, 5.74) is 1.71. The van der Waals surface area contributed by atoms with Gasteiger partial charge in [-0.1, -0.05) is 19.3 Å². The lowest BCUT2D eigenvalue weighted by molar-refractivity contribution is -0.122. The number of amides is 3. The highest BCUT2D eigenvalue weighted by Gasteiger charge is 2.48. The summed E-state index contributed by atoms with van der Waals surface area (Å²) in [6, 6.07) is -0.121. The van der Waals surface area contributed by atoms with E-state index in [0.717, 1.165) is 37.8 Å². The van der Waals surface area contributed by atoms with Crippen LogP contribution < -0.4 is 5.32 Å². The number of fused-ring (bicyclic) bond motifs is 3. The summed E-state index contributed by atoms with van der Waals surface area (Å²) >= 11 is 0. The van der Waals surface area contributed by atoms with E-state index in [0.29, 0.717) is 41.9 Å². The van der Waals surface area contributed by atoms with Crippen LogP contribution >= 0.6 is 0 Å². The Morgan fingerprint density at radius 2 is 1.58 bits per heavy atom. The fourth-order valence-corrected chi connectivity index (χ4v) is 6.65. The molecule has 2 saturated heterocycles. The van der Waals surface area contributed by atoms with Gasteiger partial charge in [0.2, 0.25) is 11.9 Å². The molecule has 1 N–H and O–H groups in total. The van der Waals surface area contributed by atoms with Crippen LogP contribution in [0.25, 0.3) is 0 Å². The maximum Gasteiger partial charge on any atom is 0.410 e. The molecular formula is C30H39N9O4. The third-order valence-corrected chi connectivity index (χ3v) is 8.63. The van der Waals surface area contributed by atoms with Crippen molar-refractivity contribution >= 4 is 41.2 Å². The molecular weight excluding hydrogens is 550 g/mol. The van der Waals surface area contributed by atoms with Crippen LogP contribution in [-0.4, -0.2) is 103 Å². The Kier molecular flexibility index (Phi) is 7.51. The van der Waals surface area contributed by atoms with Crippen molar-refractivity contribution in [2.45, 2.75) is 82.9 Å². The second-order valence-corrected chi connectivity index (χ2v) is 13.1. The lowest BCUT2D eigenvalue weighted by Crippen LogP contribution is -2.51. The number of anilines is 2. The summed E-state index contributed by atoms with van der Waals surface area (Å²) in [4.78, 5) is 66.5. The first-order chi connectivity index (χ1) is 20.5. The lowest BCUT2D eigenvalue weighted by atomic mass is 9.76. The van der Waals surface area contributed by atoms with Crippen molar-refractivity contribution in [1.29, 1.82) is 0 Å². The Labute approximate surface area is 251 Å². The number of aliphatic imine (C=N–C) groups is 1. The Morgan fingerprint density at radius 3 is 2.21 bits per heavy atom. The molecule has 1 aliphatic carbocycles. The molecule has 3 aliphatic heterocycles. The number of ether oxygens (including phenoxy) is 1. The smallest absolute Gasteiger partial charge is 0.410 e. The van der Waals surface area contributed by atoms with Crippen LogP contribution in [0.3, 0.4) is 0 Å². The number of carbonyl (C=O) groups excluding carboxylic acids is 3. The first-order valence-corrected chi connectivity index (χ1v) is 15.1. The van der Waals surface area contributed by atoms with Crippen LogP contribution in [0.2, 0.25) is 0 Å². The summed E-state index contributed by atoms with van der Waals surface area (Å²) in [5.74, 6) is 0.438. The molecule has 13 nitrogen and oxygen atoms in total. The van der Waals surface area contributed by atoms with E-state index < -0.39 is 5.60 Å². The molecule has 43 heavy (non-hydrogen) atoms. The fraction of sp³-hybridized carbons (Fsp3) is 0.600. The van der Waals surface area contributed by atoms with Crippen LogP contribution in [0.4, 0.5) is 22.4 Å². The molecule has 4 aliphatic rings. The van der Waals surface area contributed by atoms with E-state index in [-0.39, 0.29) is 41.9 Å². The molecule has 13 heteroatoms. The van der Waals surface area contributed by atoms with Crippen molar-refractivity contribution in [3.05, 3.63) is 29.8 Å². The topological polar surface area (TPSA) is 146 Å². The largest absolute Gasteiger partial charge is 0.444 e. The molecule has 1 saturated carbocycles. The van der Waals surface area contributed by atoms with Gasteiger partial charge in [-0.25, -0.2) is 29.7 Å². The molecule has 3 unspecified atom stereocenters. The van der Waals surface area contributed by atoms with Crippen molar-refractivity contribution < 1.29 is 19.1 Å². The van der Waals surface area contributed by atoms with Gasteiger partial charge in [-0.05, 0) is 46.0 Å². The summed E-state index contributed by atoms with van der Waals surface area (Å²) in [5, 5.41) is 3.05. The molecule has 228 valence electrons. The highest BCUT2D eigenvalue weighted by molar-refractivity contribution is 6.42. The number of carbonyl (C=O) groups is 3. The normalized spacial score (nSPS) is 23.2. The van der Waals surface area contributed by atoms with Gasteiger partial charge in [0, 0.05) is 39.6 Å². The Balaban J connectivity index is 1.12. The minimum atomic E-state index is -0.564. The van der Waals surface area contributed by atoms with Crippen LogP contribution in [-0.2, 0) is 9.53 Å². The molecule has 0 aromatic carbocycles. The number of piperazine rings is 1. The van der Waals surface area contributed by atoms with Crippen LogP contribution in [0, 0.1) is 5.92 Å². The summed E-state index contributed by atoms with van der Waals surface area (Å²) < 4.78 is 5.53. The SMILES string of the molecule is CN(C)C(=O)C1=Nc2cnc(Nc3ncc(C(=O)N4CC5CC4CN5C(=O)OC(C)(C)C)cn3)nc2C1C1CCCCC1. The van der Waals surface area contributed by atoms with Crippen molar-refractivity contribution in [3.63, 3.8) is 0 Å². The van der Waals surface area contributed by atoms with Gasteiger partial charge >= 0.3 is 6.09 Å². The molecule has 3 atom stereocenters. The zero-order chi connectivity index (χ0) is 30.5. The predicted molar refractivity (Wildman–Crippen MR) is 159 cm³/mol. The average Bonchev–Trinajstić information content (AvgIpc) is 3.69. The number of aromatic nitrogens is 4. The first kappa shape index (κ1) is 28.9. The monoisotopic (exact) mass is 589 g/mol. The van der Waals surface area contributed by atoms with E-state index in [2.05, 4.69) is 25.3 Å². The maximum absolute atomic E-state index is 13.3. The molecule has 3 fully saturated rings. The van der Waals surface area contributed by atoms with Gasteiger partial charge in [-0.15, -0.1) is 0 Å². The van der Waals surface area contributed by atoms with Gasteiger partial charge in [0.15, 0.2) is 0 Å². The number of nitrogens with one attached hydrogen (secondary N) is 1. The van der Waals surface area contributed by atoms with E-state index >= 15 is 0 Å². The van der Waals surface area contributed by atoms with E-state index in [1.54, 1.807) is 35.0 Å². The second-order valence-electron chi connectivity index (χ2n) is 13.1. The van der Waals surface area contributed by atoms with Crippen molar-refractivity contribution in [2.75, 3.05) is 32.5 Å². The van der Waals surface area contributed by atoms with Gasteiger partial charge in [0.05, 0.1) is 35.5 Å². The Morgan fingerprint density at radius 1 is 0.930 bits per heavy atom. The van der Waals surface area contributed by atoms with Gasteiger partial charge in [-0.2, -0.15) is 0 Å². The summed E-state index contributed by atoms with van der Waals surface area (Å²) in [6.07, 6.45) is 10.6. The maximum atomic E-state index is 13.3. The second kappa shape index (κ2) is 11.2. The quantitative estimate of drug-likeness (QED) is 0.552. The van der Waals surface area contributed by atoms with Gasteiger partial charge in [-0.3, -0.25) is 14.9 Å². The lowest BCUT2D eigenvalue weighted by Gasteiger charge is -2.35.